The summed E-state index contributed by atoms with van der Waals surface area (Å²) in [4.78, 5) is 0. The summed E-state index contributed by atoms with van der Waals surface area (Å²) < 4.78 is 15.9. The summed E-state index contributed by atoms with van der Waals surface area (Å²) in [7, 11) is 0. The van der Waals surface area contributed by atoms with Crippen LogP contribution in [0.4, 0.5) is 0 Å². The van der Waals surface area contributed by atoms with Crippen molar-refractivity contribution in [2.75, 3.05) is 26.6 Å². The highest BCUT2D eigenvalue weighted by molar-refractivity contribution is 5.51. The van der Waals surface area contributed by atoms with Gasteiger partial charge in [-0.2, -0.15) is 0 Å². The quantitative estimate of drug-likeness (QED) is 0.739. The van der Waals surface area contributed by atoms with Crippen molar-refractivity contribution in [3.05, 3.63) is 17.7 Å². The molecule has 0 atom stereocenters. The Morgan fingerprint density at radius 3 is 2.79 bits per heavy atom. The minimum atomic E-state index is 0.217. The van der Waals surface area contributed by atoms with Crippen molar-refractivity contribution in [1.29, 1.82) is 0 Å². The fourth-order valence-corrected chi connectivity index (χ4v) is 1.80. The summed E-state index contributed by atoms with van der Waals surface area (Å²) >= 11 is 0. The maximum Gasteiger partial charge on any atom is 0.231 e. The Morgan fingerprint density at radius 1 is 1.32 bits per heavy atom. The van der Waals surface area contributed by atoms with Gasteiger partial charge in [0.25, 0.3) is 0 Å². The highest BCUT2D eigenvalue weighted by Gasteiger charge is 2.16. The molecule has 2 N–H and O–H groups in total. The number of ether oxygens (including phenoxy) is 3. The summed E-state index contributed by atoms with van der Waals surface area (Å²) in [5, 5.41) is 13.1. The summed E-state index contributed by atoms with van der Waals surface area (Å²) in [6, 6.07) is 3.40. The minimum Gasteiger partial charge on any atom is -0.507 e. The summed E-state index contributed by atoms with van der Waals surface area (Å²) in [6.07, 6.45) is 0. The van der Waals surface area contributed by atoms with E-state index in [1.807, 2.05) is 0 Å². The van der Waals surface area contributed by atoms with E-state index in [0.717, 1.165) is 18.7 Å². The number of hydrogen-bond acceptors (Lipinski definition) is 5. The summed E-state index contributed by atoms with van der Waals surface area (Å²) in [6.45, 7) is 7.24. The van der Waals surface area contributed by atoms with Gasteiger partial charge in [-0.3, -0.25) is 0 Å². The highest BCUT2D eigenvalue weighted by atomic mass is 16.7. The molecule has 0 radical (unpaired) electrons. The van der Waals surface area contributed by atoms with E-state index in [2.05, 4.69) is 19.2 Å². The molecular weight excluding hydrogens is 246 g/mol. The molecule has 5 nitrogen and oxygen atoms in total. The van der Waals surface area contributed by atoms with Crippen LogP contribution in [0.5, 0.6) is 17.2 Å². The van der Waals surface area contributed by atoms with Gasteiger partial charge in [-0.15, -0.1) is 0 Å². The van der Waals surface area contributed by atoms with Crippen LogP contribution >= 0.6 is 0 Å². The van der Waals surface area contributed by atoms with Gasteiger partial charge in [0.15, 0.2) is 11.5 Å². The lowest BCUT2D eigenvalue weighted by Gasteiger charge is -2.09. The first-order chi connectivity index (χ1) is 9.16. The van der Waals surface area contributed by atoms with Crippen LogP contribution in [-0.4, -0.2) is 31.7 Å². The van der Waals surface area contributed by atoms with E-state index in [9.17, 15) is 5.11 Å². The van der Waals surface area contributed by atoms with Gasteiger partial charge in [0.05, 0.1) is 6.61 Å². The molecule has 0 spiro atoms. The predicted molar refractivity (Wildman–Crippen MR) is 71.6 cm³/mol. The average Bonchev–Trinajstić information content (AvgIpc) is 2.80. The topological polar surface area (TPSA) is 60.0 Å². The molecule has 19 heavy (non-hydrogen) atoms. The zero-order chi connectivity index (χ0) is 13.7. The van der Waals surface area contributed by atoms with Gasteiger partial charge < -0.3 is 24.6 Å². The lowest BCUT2D eigenvalue weighted by molar-refractivity contribution is 0.111. The Kier molecular flexibility index (Phi) is 4.87. The second kappa shape index (κ2) is 6.63. The van der Waals surface area contributed by atoms with Crippen molar-refractivity contribution in [2.45, 2.75) is 20.4 Å². The SMILES string of the molecule is CC(C)COCCNCc1cc2c(cc1O)OCO2. The molecule has 0 saturated carbocycles. The van der Waals surface area contributed by atoms with E-state index in [4.69, 9.17) is 14.2 Å². The molecule has 0 saturated heterocycles. The number of phenols is 1. The normalized spacial score (nSPS) is 13.2. The van der Waals surface area contributed by atoms with Crippen LogP contribution < -0.4 is 14.8 Å². The van der Waals surface area contributed by atoms with Crippen LogP contribution in [0.1, 0.15) is 19.4 Å². The molecule has 0 fully saturated rings. The van der Waals surface area contributed by atoms with Crippen molar-refractivity contribution in [1.82, 2.24) is 5.32 Å². The number of benzene rings is 1. The minimum absolute atomic E-state index is 0.217. The molecule has 0 amide bonds. The molecule has 1 heterocycles. The first kappa shape index (κ1) is 14.0. The van der Waals surface area contributed by atoms with Gasteiger partial charge in [-0.1, -0.05) is 13.8 Å². The van der Waals surface area contributed by atoms with Gasteiger partial charge in [0.2, 0.25) is 6.79 Å². The second-order valence-corrected chi connectivity index (χ2v) is 4.98. The van der Waals surface area contributed by atoms with Crippen LogP contribution in [0.3, 0.4) is 0 Å². The number of fused-ring (bicyclic) bond motifs is 1. The molecule has 0 aromatic heterocycles. The summed E-state index contributed by atoms with van der Waals surface area (Å²) in [5.74, 6) is 2.06. The molecule has 106 valence electrons. The van der Waals surface area contributed by atoms with E-state index in [1.165, 1.54) is 0 Å². The number of nitrogens with one attached hydrogen (secondary N) is 1. The zero-order valence-electron chi connectivity index (χ0n) is 11.4. The highest BCUT2D eigenvalue weighted by Crippen LogP contribution is 2.37. The van der Waals surface area contributed by atoms with Crippen LogP contribution in [-0.2, 0) is 11.3 Å². The lowest BCUT2D eigenvalue weighted by Crippen LogP contribution is -2.20. The largest absolute Gasteiger partial charge is 0.507 e. The van der Waals surface area contributed by atoms with E-state index < -0.39 is 0 Å². The zero-order valence-corrected chi connectivity index (χ0v) is 11.4. The Labute approximate surface area is 113 Å². The fourth-order valence-electron chi connectivity index (χ4n) is 1.80. The molecule has 0 bridgehead atoms. The Morgan fingerprint density at radius 2 is 2.05 bits per heavy atom. The first-order valence-corrected chi connectivity index (χ1v) is 6.56. The van der Waals surface area contributed by atoms with Gasteiger partial charge in [-0.05, 0) is 12.0 Å². The van der Waals surface area contributed by atoms with Gasteiger partial charge in [0, 0.05) is 31.3 Å². The van der Waals surface area contributed by atoms with Crippen molar-refractivity contribution in [3.63, 3.8) is 0 Å². The Hall–Kier alpha value is -1.46. The standard InChI is InChI=1S/C14H21NO4/c1-10(2)8-17-4-3-15-7-11-5-13-14(6-12(11)16)19-9-18-13/h5-6,10,15-16H,3-4,7-9H2,1-2H3. The van der Waals surface area contributed by atoms with Crippen LogP contribution in [0.2, 0.25) is 0 Å². The Balaban J connectivity index is 1.74. The molecule has 1 aromatic carbocycles. The molecule has 1 aromatic rings. The van der Waals surface area contributed by atoms with E-state index in [1.54, 1.807) is 12.1 Å². The fraction of sp³-hybridized carbons (Fsp3) is 0.571. The predicted octanol–water partition coefficient (Wildman–Crippen LogP) is 1.88. The average molecular weight is 267 g/mol. The van der Waals surface area contributed by atoms with Gasteiger partial charge in [0.1, 0.15) is 5.75 Å². The van der Waals surface area contributed by atoms with Gasteiger partial charge >= 0.3 is 0 Å². The molecule has 1 aliphatic heterocycles. The van der Waals surface area contributed by atoms with Crippen molar-refractivity contribution >= 4 is 0 Å². The molecule has 0 unspecified atom stereocenters. The maximum absolute atomic E-state index is 9.84. The van der Waals surface area contributed by atoms with Gasteiger partial charge in [-0.25, -0.2) is 0 Å². The van der Waals surface area contributed by atoms with E-state index >= 15 is 0 Å². The molecule has 0 aliphatic carbocycles. The number of rotatable bonds is 7. The smallest absolute Gasteiger partial charge is 0.231 e. The van der Waals surface area contributed by atoms with E-state index in [-0.39, 0.29) is 12.5 Å². The third kappa shape index (κ3) is 4.01. The number of phenolic OH excluding ortho intramolecular Hbond substituents is 1. The first-order valence-electron chi connectivity index (χ1n) is 6.56. The molecular formula is C14H21NO4. The number of hydrogen-bond donors (Lipinski definition) is 2. The van der Waals surface area contributed by atoms with Crippen LogP contribution in [0, 0.1) is 5.92 Å². The van der Waals surface area contributed by atoms with Crippen LogP contribution in [0.25, 0.3) is 0 Å². The lowest BCUT2D eigenvalue weighted by atomic mass is 10.1. The third-order valence-electron chi connectivity index (χ3n) is 2.76. The monoisotopic (exact) mass is 267 g/mol. The second-order valence-electron chi connectivity index (χ2n) is 4.98. The Bertz CT molecular complexity index is 420. The number of aromatic hydroxyl groups is 1. The van der Waals surface area contributed by atoms with E-state index in [0.29, 0.717) is 30.6 Å². The van der Waals surface area contributed by atoms with Crippen molar-refractivity contribution in [2.24, 2.45) is 5.92 Å². The molecule has 1 aliphatic rings. The summed E-state index contributed by atoms with van der Waals surface area (Å²) in [5.41, 5.74) is 0.799. The van der Waals surface area contributed by atoms with Crippen molar-refractivity contribution < 1.29 is 19.3 Å². The van der Waals surface area contributed by atoms with Crippen LogP contribution in [0.15, 0.2) is 12.1 Å². The molecule has 5 heteroatoms. The molecule has 2 rings (SSSR count). The maximum atomic E-state index is 9.84. The van der Waals surface area contributed by atoms with Crippen molar-refractivity contribution in [3.8, 4) is 17.2 Å². The third-order valence-corrected chi connectivity index (χ3v) is 2.76.